The molecule has 0 aromatic carbocycles. The summed E-state index contributed by atoms with van der Waals surface area (Å²) in [7, 11) is 0. The Morgan fingerprint density at radius 2 is 2.25 bits per heavy atom. The van der Waals surface area contributed by atoms with Gasteiger partial charge in [0.05, 0.1) is 11.2 Å². The third-order valence-corrected chi connectivity index (χ3v) is 3.77. The highest BCUT2D eigenvalue weighted by molar-refractivity contribution is 5.45. The van der Waals surface area contributed by atoms with Gasteiger partial charge in [0.15, 0.2) is 0 Å². The number of halogens is 3. The summed E-state index contributed by atoms with van der Waals surface area (Å²) in [6, 6.07) is 2.24. The van der Waals surface area contributed by atoms with Crippen LogP contribution in [0.1, 0.15) is 38.2 Å². The molecule has 0 saturated heterocycles. The van der Waals surface area contributed by atoms with Crippen molar-refractivity contribution in [2.45, 2.75) is 44.4 Å². The van der Waals surface area contributed by atoms with Crippen LogP contribution in [0.2, 0.25) is 0 Å². The van der Waals surface area contributed by atoms with Crippen LogP contribution >= 0.6 is 0 Å². The van der Waals surface area contributed by atoms with Crippen molar-refractivity contribution >= 4 is 5.82 Å². The maximum absolute atomic E-state index is 12.8. The average Bonchev–Trinajstić information content (AvgIpc) is 2.35. The number of alkyl halides is 3. The summed E-state index contributed by atoms with van der Waals surface area (Å²) in [6.07, 6.45) is 0.0320. The van der Waals surface area contributed by atoms with Crippen LogP contribution in [0.15, 0.2) is 18.3 Å². The molecule has 1 aliphatic carbocycles. The Bertz CT molecular complexity index is 464. The highest BCUT2D eigenvalue weighted by Crippen LogP contribution is 2.35. The lowest BCUT2D eigenvalue weighted by atomic mass is 9.79. The fourth-order valence-corrected chi connectivity index (χ4v) is 2.82. The average molecular weight is 288 g/mol. The van der Waals surface area contributed by atoms with Gasteiger partial charge in [-0.25, -0.2) is 4.98 Å². The first kappa shape index (κ1) is 15.1. The fourth-order valence-electron chi connectivity index (χ4n) is 2.82. The summed E-state index contributed by atoms with van der Waals surface area (Å²) in [5, 5.41) is 13.1. The number of aliphatic hydroxyl groups is 1. The molecule has 0 bridgehead atoms. The number of rotatable bonds is 3. The minimum absolute atomic E-state index is 0.0947. The number of anilines is 1. The predicted molar refractivity (Wildman–Crippen MR) is 70.3 cm³/mol. The van der Waals surface area contributed by atoms with Crippen molar-refractivity contribution < 1.29 is 18.3 Å². The van der Waals surface area contributed by atoms with E-state index in [-0.39, 0.29) is 12.4 Å². The molecule has 0 amide bonds. The zero-order valence-electron chi connectivity index (χ0n) is 11.4. The van der Waals surface area contributed by atoms with Crippen molar-refractivity contribution in [1.82, 2.24) is 4.98 Å². The van der Waals surface area contributed by atoms with Crippen LogP contribution in [0.3, 0.4) is 0 Å². The Morgan fingerprint density at radius 1 is 1.50 bits per heavy atom. The SMILES string of the molecule is CC1CCCC(O)(CNc2ncccc2C(F)(F)F)C1. The number of hydrogen-bond acceptors (Lipinski definition) is 3. The molecular formula is C14H19F3N2O. The van der Waals surface area contributed by atoms with Gasteiger partial charge in [0.25, 0.3) is 0 Å². The van der Waals surface area contributed by atoms with E-state index in [1.807, 2.05) is 6.92 Å². The van der Waals surface area contributed by atoms with Gasteiger partial charge < -0.3 is 10.4 Å². The molecule has 2 N–H and O–H groups in total. The van der Waals surface area contributed by atoms with Crippen LogP contribution in [0, 0.1) is 5.92 Å². The lowest BCUT2D eigenvalue weighted by Gasteiger charge is -2.35. The van der Waals surface area contributed by atoms with Crippen molar-refractivity contribution in [3.8, 4) is 0 Å². The Labute approximate surface area is 116 Å². The Balaban J connectivity index is 2.08. The van der Waals surface area contributed by atoms with E-state index in [2.05, 4.69) is 10.3 Å². The molecule has 0 aliphatic heterocycles. The summed E-state index contributed by atoms with van der Waals surface area (Å²) < 4.78 is 38.5. The van der Waals surface area contributed by atoms with Crippen LogP contribution < -0.4 is 5.32 Å². The molecule has 2 atom stereocenters. The second-order valence-electron chi connectivity index (χ2n) is 5.68. The van der Waals surface area contributed by atoms with Gasteiger partial charge in [0, 0.05) is 12.7 Å². The zero-order chi connectivity index (χ0) is 14.8. The van der Waals surface area contributed by atoms with E-state index in [9.17, 15) is 18.3 Å². The van der Waals surface area contributed by atoms with Gasteiger partial charge >= 0.3 is 6.18 Å². The molecule has 1 heterocycles. The molecule has 6 heteroatoms. The summed E-state index contributed by atoms with van der Waals surface area (Å²) in [6.45, 7) is 2.14. The molecule has 1 saturated carbocycles. The molecule has 1 aliphatic rings. The van der Waals surface area contributed by atoms with E-state index >= 15 is 0 Å². The van der Waals surface area contributed by atoms with E-state index in [0.717, 1.165) is 18.9 Å². The second-order valence-corrected chi connectivity index (χ2v) is 5.68. The minimum Gasteiger partial charge on any atom is -0.388 e. The number of nitrogens with zero attached hydrogens (tertiary/aromatic N) is 1. The molecule has 1 aromatic heterocycles. The molecular weight excluding hydrogens is 269 g/mol. The van der Waals surface area contributed by atoms with E-state index < -0.39 is 17.3 Å². The van der Waals surface area contributed by atoms with Crippen molar-refractivity contribution in [2.75, 3.05) is 11.9 Å². The number of nitrogens with one attached hydrogen (secondary N) is 1. The summed E-state index contributed by atoms with van der Waals surface area (Å²) in [4.78, 5) is 3.74. The van der Waals surface area contributed by atoms with Crippen LogP contribution in [0.4, 0.5) is 19.0 Å². The molecule has 20 heavy (non-hydrogen) atoms. The smallest absolute Gasteiger partial charge is 0.388 e. The molecule has 1 fully saturated rings. The molecule has 2 rings (SSSR count). The lowest BCUT2D eigenvalue weighted by Crippen LogP contribution is -2.41. The highest BCUT2D eigenvalue weighted by Gasteiger charge is 2.36. The van der Waals surface area contributed by atoms with Gasteiger partial charge in [-0.1, -0.05) is 19.8 Å². The first-order valence-electron chi connectivity index (χ1n) is 6.79. The molecule has 0 radical (unpaired) electrons. The van der Waals surface area contributed by atoms with Gasteiger partial charge in [-0.2, -0.15) is 13.2 Å². The van der Waals surface area contributed by atoms with Crippen molar-refractivity contribution in [1.29, 1.82) is 0 Å². The van der Waals surface area contributed by atoms with Crippen molar-refractivity contribution in [2.24, 2.45) is 5.92 Å². The largest absolute Gasteiger partial charge is 0.419 e. The van der Waals surface area contributed by atoms with Gasteiger partial charge in [-0.05, 0) is 30.9 Å². The second kappa shape index (κ2) is 5.60. The van der Waals surface area contributed by atoms with Crippen molar-refractivity contribution in [3.05, 3.63) is 23.9 Å². The first-order chi connectivity index (χ1) is 9.30. The Morgan fingerprint density at radius 3 is 2.90 bits per heavy atom. The van der Waals surface area contributed by atoms with E-state index in [0.29, 0.717) is 18.8 Å². The molecule has 3 nitrogen and oxygen atoms in total. The van der Waals surface area contributed by atoms with Gasteiger partial charge in [0.1, 0.15) is 5.82 Å². The summed E-state index contributed by atoms with van der Waals surface area (Å²) >= 11 is 0. The standard InChI is InChI=1S/C14H19F3N2O/c1-10-4-2-6-13(20,8-10)9-19-12-11(14(15,16)17)5-3-7-18-12/h3,5,7,10,20H,2,4,6,8-9H2,1H3,(H,18,19). The topological polar surface area (TPSA) is 45.1 Å². The van der Waals surface area contributed by atoms with E-state index in [1.165, 1.54) is 12.3 Å². The molecule has 112 valence electrons. The highest BCUT2D eigenvalue weighted by atomic mass is 19.4. The fraction of sp³-hybridized carbons (Fsp3) is 0.643. The van der Waals surface area contributed by atoms with Gasteiger partial charge in [0.2, 0.25) is 0 Å². The molecule has 1 aromatic rings. The first-order valence-corrected chi connectivity index (χ1v) is 6.79. The van der Waals surface area contributed by atoms with Crippen LogP contribution in [-0.4, -0.2) is 22.2 Å². The number of hydrogen-bond donors (Lipinski definition) is 2. The Kier molecular flexibility index (Phi) is 4.22. The van der Waals surface area contributed by atoms with E-state index in [1.54, 1.807) is 0 Å². The maximum Gasteiger partial charge on any atom is 0.419 e. The van der Waals surface area contributed by atoms with E-state index in [4.69, 9.17) is 0 Å². The Hall–Kier alpha value is -1.30. The third kappa shape index (κ3) is 3.62. The van der Waals surface area contributed by atoms with Gasteiger partial charge in [-0.15, -0.1) is 0 Å². The third-order valence-electron chi connectivity index (χ3n) is 3.77. The van der Waals surface area contributed by atoms with Gasteiger partial charge in [-0.3, -0.25) is 0 Å². The zero-order valence-corrected chi connectivity index (χ0v) is 11.4. The monoisotopic (exact) mass is 288 g/mol. The normalized spacial score (nSPS) is 27.4. The predicted octanol–water partition coefficient (Wildman–Crippen LogP) is 3.45. The molecule has 2 unspecified atom stereocenters. The summed E-state index contributed by atoms with van der Waals surface area (Å²) in [5.74, 6) is 0.174. The summed E-state index contributed by atoms with van der Waals surface area (Å²) in [5.41, 5.74) is -1.75. The van der Waals surface area contributed by atoms with Crippen molar-refractivity contribution in [3.63, 3.8) is 0 Å². The van der Waals surface area contributed by atoms with Crippen LogP contribution in [0.25, 0.3) is 0 Å². The number of pyridine rings is 1. The van der Waals surface area contributed by atoms with Crippen LogP contribution in [0.5, 0.6) is 0 Å². The lowest BCUT2D eigenvalue weighted by molar-refractivity contribution is -0.137. The maximum atomic E-state index is 12.8. The number of aromatic nitrogens is 1. The minimum atomic E-state index is -4.45. The van der Waals surface area contributed by atoms with Crippen LogP contribution in [-0.2, 0) is 6.18 Å². The quantitative estimate of drug-likeness (QED) is 0.895. The molecule has 0 spiro atoms.